The number of aliphatic hydroxyl groups excluding tert-OH is 1. The second-order valence-corrected chi connectivity index (χ2v) is 8.66. The van der Waals surface area contributed by atoms with Crippen molar-refractivity contribution in [1.29, 1.82) is 0 Å². The predicted molar refractivity (Wildman–Crippen MR) is 90.8 cm³/mol. The number of cyclic esters (lactones) is 1. The van der Waals surface area contributed by atoms with Gasteiger partial charge in [0.2, 0.25) is 0 Å². The van der Waals surface area contributed by atoms with Crippen LogP contribution in [0.4, 0.5) is 0 Å². The fourth-order valence-electron chi connectivity index (χ4n) is 5.64. The third kappa shape index (κ3) is 2.77. The fraction of sp³-hybridized carbons (Fsp3) is 0.750. The summed E-state index contributed by atoms with van der Waals surface area (Å²) in [5.41, 5.74) is 2.39. The van der Waals surface area contributed by atoms with Gasteiger partial charge in [0.25, 0.3) is 0 Å². The molecule has 0 spiro atoms. The molecule has 128 valence electrons. The van der Waals surface area contributed by atoms with Crippen molar-refractivity contribution in [3.05, 3.63) is 23.8 Å². The van der Waals surface area contributed by atoms with Crippen LogP contribution in [0.3, 0.4) is 0 Å². The van der Waals surface area contributed by atoms with E-state index >= 15 is 0 Å². The number of allylic oxidation sites excluding steroid dienone is 2. The van der Waals surface area contributed by atoms with Crippen molar-refractivity contribution in [1.82, 2.24) is 0 Å². The maximum Gasteiger partial charge on any atom is 0.336 e. The van der Waals surface area contributed by atoms with Crippen molar-refractivity contribution in [3.63, 3.8) is 0 Å². The van der Waals surface area contributed by atoms with Gasteiger partial charge in [-0.05, 0) is 54.8 Å². The zero-order chi connectivity index (χ0) is 16.8. The number of aliphatic hydroxyl groups is 1. The molecular weight excluding hydrogens is 288 g/mol. The largest absolute Gasteiger partial charge is 0.459 e. The molecule has 0 unspecified atom stereocenters. The monoisotopic (exact) mass is 318 g/mol. The van der Waals surface area contributed by atoms with E-state index in [0.717, 1.165) is 12.8 Å². The first-order valence-corrected chi connectivity index (χ1v) is 8.98. The van der Waals surface area contributed by atoms with Gasteiger partial charge in [0, 0.05) is 0 Å². The molecule has 0 bridgehead atoms. The lowest BCUT2D eigenvalue weighted by atomic mass is 9.47. The van der Waals surface area contributed by atoms with Gasteiger partial charge in [-0.25, -0.2) is 4.79 Å². The number of fused-ring (bicyclic) bond motifs is 1. The van der Waals surface area contributed by atoms with Crippen molar-refractivity contribution in [2.45, 2.75) is 65.4 Å². The molecule has 23 heavy (non-hydrogen) atoms. The SMILES string of the molecule is C=C1CC[C@H]2C(C)(C)CCC[C@@]2(C)[C@H]1C/C=C1/C(=O)OC[C@H]1O. The molecule has 1 aliphatic heterocycles. The Balaban J connectivity index is 1.86. The number of esters is 1. The third-order valence-corrected chi connectivity index (χ3v) is 6.86. The Hall–Kier alpha value is -1.09. The average molecular weight is 318 g/mol. The first-order chi connectivity index (χ1) is 10.8. The van der Waals surface area contributed by atoms with Gasteiger partial charge in [-0.2, -0.15) is 0 Å². The van der Waals surface area contributed by atoms with E-state index in [2.05, 4.69) is 27.4 Å². The minimum Gasteiger partial charge on any atom is -0.459 e. The molecule has 1 N–H and O–H groups in total. The lowest BCUT2D eigenvalue weighted by Crippen LogP contribution is -2.49. The molecule has 3 rings (SSSR count). The van der Waals surface area contributed by atoms with Crippen LogP contribution in [0, 0.1) is 22.7 Å². The summed E-state index contributed by atoms with van der Waals surface area (Å²) in [6, 6.07) is 0. The van der Waals surface area contributed by atoms with E-state index in [1.54, 1.807) is 0 Å². The predicted octanol–water partition coefficient (Wildman–Crippen LogP) is 4.02. The van der Waals surface area contributed by atoms with Crippen LogP contribution in [0.15, 0.2) is 23.8 Å². The zero-order valence-corrected chi connectivity index (χ0v) is 14.7. The second-order valence-electron chi connectivity index (χ2n) is 8.66. The van der Waals surface area contributed by atoms with Crippen molar-refractivity contribution in [3.8, 4) is 0 Å². The first kappa shape index (κ1) is 16.8. The second kappa shape index (κ2) is 5.77. The molecular formula is C20H30O3. The zero-order valence-electron chi connectivity index (χ0n) is 14.7. The van der Waals surface area contributed by atoms with Gasteiger partial charge in [-0.1, -0.05) is 45.4 Å². The smallest absolute Gasteiger partial charge is 0.336 e. The average Bonchev–Trinajstić information content (AvgIpc) is 2.77. The molecule has 0 aromatic rings. The van der Waals surface area contributed by atoms with E-state index in [1.165, 1.54) is 31.3 Å². The van der Waals surface area contributed by atoms with Crippen LogP contribution in [0.2, 0.25) is 0 Å². The van der Waals surface area contributed by atoms with Crippen molar-refractivity contribution < 1.29 is 14.6 Å². The van der Waals surface area contributed by atoms with Gasteiger partial charge in [0.1, 0.15) is 12.7 Å². The van der Waals surface area contributed by atoms with Crippen LogP contribution in [0.25, 0.3) is 0 Å². The van der Waals surface area contributed by atoms with E-state index < -0.39 is 6.10 Å². The van der Waals surface area contributed by atoms with Crippen molar-refractivity contribution in [2.24, 2.45) is 22.7 Å². The van der Waals surface area contributed by atoms with Crippen LogP contribution in [0.1, 0.15) is 59.3 Å². The Bertz CT molecular complexity index is 545. The van der Waals surface area contributed by atoms with Gasteiger partial charge in [0.05, 0.1) is 5.57 Å². The summed E-state index contributed by atoms with van der Waals surface area (Å²) < 4.78 is 4.93. The highest BCUT2D eigenvalue weighted by Crippen LogP contribution is 2.61. The molecule has 3 aliphatic rings. The Morgan fingerprint density at radius 3 is 2.74 bits per heavy atom. The van der Waals surface area contributed by atoms with Crippen LogP contribution >= 0.6 is 0 Å². The Morgan fingerprint density at radius 1 is 1.35 bits per heavy atom. The summed E-state index contributed by atoms with van der Waals surface area (Å²) in [6.45, 7) is 11.7. The molecule has 1 heterocycles. The summed E-state index contributed by atoms with van der Waals surface area (Å²) in [4.78, 5) is 11.7. The molecule has 4 atom stereocenters. The molecule has 3 heteroatoms. The van der Waals surface area contributed by atoms with E-state index in [4.69, 9.17) is 4.74 Å². The molecule has 1 saturated heterocycles. The van der Waals surface area contributed by atoms with Crippen LogP contribution in [-0.2, 0) is 9.53 Å². The number of ether oxygens (including phenoxy) is 1. The maximum absolute atomic E-state index is 11.7. The van der Waals surface area contributed by atoms with E-state index in [-0.39, 0.29) is 18.0 Å². The van der Waals surface area contributed by atoms with Crippen molar-refractivity contribution >= 4 is 5.97 Å². The molecule has 0 aromatic carbocycles. The van der Waals surface area contributed by atoms with Crippen molar-refractivity contribution in [2.75, 3.05) is 6.61 Å². The Kier molecular flexibility index (Phi) is 4.20. The number of carbonyl (C=O) groups excluding carboxylic acids is 1. The molecule has 2 saturated carbocycles. The van der Waals surface area contributed by atoms with Gasteiger partial charge in [-0.15, -0.1) is 0 Å². The van der Waals surface area contributed by atoms with E-state index in [0.29, 0.717) is 22.8 Å². The molecule has 0 amide bonds. The Morgan fingerprint density at radius 2 is 2.09 bits per heavy atom. The molecule has 3 nitrogen and oxygen atoms in total. The number of rotatable bonds is 2. The topological polar surface area (TPSA) is 46.5 Å². The van der Waals surface area contributed by atoms with Gasteiger partial charge < -0.3 is 9.84 Å². The Labute approximate surface area is 139 Å². The van der Waals surface area contributed by atoms with Gasteiger partial charge >= 0.3 is 5.97 Å². The highest BCUT2D eigenvalue weighted by molar-refractivity contribution is 5.91. The lowest BCUT2D eigenvalue weighted by Gasteiger charge is -2.58. The lowest BCUT2D eigenvalue weighted by molar-refractivity contribution is -0.135. The van der Waals surface area contributed by atoms with E-state index in [9.17, 15) is 9.90 Å². The minimum absolute atomic E-state index is 0.100. The third-order valence-electron chi connectivity index (χ3n) is 6.86. The first-order valence-electron chi connectivity index (χ1n) is 8.98. The molecule has 0 radical (unpaired) electrons. The normalized spacial score (nSPS) is 41.7. The van der Waals surface area contributed by atoms with Crippen LogP contribution in [-0.4, -0.2) is 23.8 Å². The number of carbonyl (C=O) groups is 1. The quantitative estimate of drug-likeness (QED) is 0.475. The molecule has 3 fully saturated rings. The van der Waals surface area contributed by atoms with Gasteiger partial charge in [0.15, 0.2) is 0 Å². The highest BCUT2D eigenvalue weighted by Gasteiger charge is 2.52. The molecule has 0 aromatic heterocycles. The summed E-state index contributed by atoms with van der Waals surface area (Å²) in [6.07, 6.45) is 8.09. The van der Waals surface area contributed by atoms with Crippen LogP contribution < -0.4 is 0 Å². The standard InChI is InChI=1S/C20H30O3/c1-13-6-9-17-19(2,3)10-5-11-20(17,4)15(13)8-7-14-16(21)12-23-18(14)22/h7,15-17,21H,1,5-6,8-12H2,2-4H3/b14-7+/t15-,16+,17-,20-/m0/s1. The number of hydrogen-bond acceptors (Lipinski definition) is 3. The summed E-state index contributed by atoms with van der Waals surface area (Å²) in [5.74, 6) is 0.747. The highest BCUT2D eigenvalue weighted by atomic mass is 16.6. The number of hydrogen-bond donors (Lipinski definition) is 1. The van der Waals surface area contributed by atoms with Gasteiger partial charge in [-0.3, -0.25) is 0 Å². The van der Waals surface area contributed by atoms with E-state index in [1.807, 2.05) is 6.08 Å². The summed E-state index contributed by atoms with van der Waals surface area (Å²) in [7, 11) is 0. The summed E-state index contributed by atoms with van der Waals surface area (Å²) >= 11 is 0. The maximum atomic E-state index is 11.7. The minimum atomic E-state index is -0.759. The molecule has 2 aliphatic carbocycles. The fourth-order valence-corrected chi connectivity index (χ4v) is 5.64. The summed E-state index contributed by atoms with van der Waals surface area (Å²) in [5, 5.41) is 9.90. The van der Waals surface area contributed by atoms with Crippen LogP contribution in [0.5, 0.6) is 0 Å².